The van der Waals surface area contributed by atoms with Crippen LogP contribution in [-0.2, 0) is 10.0 Å². The summed E-state index contributed by atoms with van der Waals surface area (Å²) in [6, 6.07) is 23.4. The summed E-state index contributed by atoms with van der Waals surface area (Å²) in [5.74, 6) is -0.381. The Labute approximate surface area is 196 Å². The molecule has 0 bridgehead atoms. The lowest BCUT2D eigenvalue weighted by Crippen LogP contribution is -2.30. The predicted octanol–water partition coefficient (Wildman–Crippen LogP) is 4.48. The first-order chi connectivity index (χ1) is 15.8. The minimum Gasteiger partial charge on any atom is -0.296 e. The van der Waals surface area contributed by atoms with Crippen LogP contribution in [0.15, 0.2) is 83.2 Å². The molecule has 33 heavy (non-hydrogen) atoms. The zero-order valence-corrected chi connectivity index (χ0v) is 19.7. The van der Waals surface area contributed by atoms with Gasteiger partial charge in [-0.15, -0.1) is 10.2 Å². The van der Waals surface area contributed by atoms with Crippen LogP contribution in [0.5, 0.6) is 0 Å². The molecule has 0 spiro atoms. The summed E-state index contributed by atoms with van der Waals surface area (Å²) in [5, 5.41) is 10.4. The van der Waals surface area contributed by atoms with Crippen molar-refractivity contribution in [1.29, 1.82) is 0 Å². The number of benzene rings is 3. The molecule has 4 rings (SSSR count). The van der Waals surface area contributed by atoms with E-state index in [9.17, 15) is 13.2 Å². The summed E-state index contributed by atoms with van der Waals surface area (Å²) in [4.78, 5) is 12.5. The summed E-state index contributed by atoms with van der Waals surface area (Å²) < 4.78 is 28.9. The standard InChI is InChI=1S/C24H22N4O3S2/c1-16-9-8-13-19(15-16)22(29)25-23-26-27-24(32-23)33(30,31)28-21(18-11-4-3-5-12-18)20-14-7-6-10-17(20)2/h3-15,21,28H,1-2H3,(H,25,26,29)/t21-/m0/s1. The minimum absolute atomic E-state index is 0.106. The van der Waals surface area contributed by atoms with Gasteiger partial charge in [-0.1, -0.05) is 83.6 Å². The Morgan fingerprint density at radius 2 is 1.64 bits per heavy atom. The van der Waals surface area contributed by atoms with Crippen molar-refractivity contribution >= 4 is 32.4 Å². The lowest BCUT2D eigenvalue weighted by atomic mass is 9.96. The SMILES string of the molecule is Cc1cccc(C(=O)Nc2nnc(S(=O)(=O)N[C@@H](c3ccccc3)c3ccccc3C)s2)c1. The highest BCUT2D eigenvalue weighted by Gasteiger charge is 2.27. The highest BCUT2D eigenvalue weighted by Crippen LogP contribution is 2.28. The fourth-order valence-corrected chi connectivity index (χ4v) is 5.51. The van der Waals surface area contributed by atoms with Gasteiger partial charge in [0.25, 0.3) is 15.9 Å². The van der Waals surface area contributed by atoms with Gasteiger partial charge in [0.05, 0.1) is 6.04 Å². The van der Waals surface area contributed by atoms with Gasteiger partial charge >= 0.3 is 0 Å². The summed E-state index contributed by atoms with van der Waals surface area (Å²) in [6.45, 7) is 3.82. The van der Waals surface area contributed by atoms with Crippen molar-refractivity contribution < 1.29 is 13.2 Å². The van der Waals surface area contributed by atoms with Crippen molar-refractivity contribution in [3.05, 3.63) is 107 Å². The molecule has 4 aromatic rings. The molecule has 3 aromatic carbocycles. The smallest absolute Gasteiger partial charge is 0.270 e. The monoisotopic (exact) mass is 478 g/mol. The first-order valence-corrected chi connectivity index (χ1v) is 12.5. The molecule has 0 fully saturated rings. The highest BCUT2D eigenvalue weighted by molar-refractivity contribution is 7.91. The number of nitrogens with zero attached hydrogens (tertiary/aromatic N) is 2. The van der Waals surface area contributed by atoms with E-state index in [0.717, 1.165) is 33.6 Å². The van der Waals surface area contributed by atoms with Crippen LogP contribution in [0.3, 0.4) is 0 Å². The van der Waals surface area contributed by atoms with Crippen molar-refractivity contribution in [3.63, 3.8) is 0 Å². The Bertz CT molecular complexity index is 1390. The average Bonchev–Trinajstić information content (AvgIpc) is 3.28. The van der Waals surface area contributed by atoms with Crippen LogP contribution in [0, 0.1) is 13.8 Å². The molecule has 7 nitrogen and oxygen atoms in total. The highest BCUT2D eigenvalue weighted by atomic mass is 32.2. The zero-order chi connectivity index (χ0) is 23.4. The van der Waals surface area contributed by atoms with Crippen molar-refractivity contribution in [2.45, 2.75) is 24.2 Å². The molecule has 0 saturated carbocycles. The lowest BCUT2D eigenvalue weighted by Gasteiger charge is -2.20. The second-order valence-corrected chi connectivity index (χ2v) is 10.4. The third-order valence-corrected chi connectivity index (χ3v) is 7.67. The fraction of sp³-hybridized carbons (Fsp3) is 0.125. The van der Waals surface area contributed by atoms with Crippen LogP contribution in [0.2, 0.25) is 0 Å². The van der Waals surface area contributed by atoms with Crippen molar-refractivity contribution in [2.75, 3.05) is 5.32 Å². The molecule has 0 saturated heterocycles. The summed E-state index contributed by atoms with van der Waals surface area (Å²) >= 11 is 0.799. The molecular formula is C24H22N4O3S2. The van der Waals surface area contributed by atoms with Gasteiger partial charge in [-0.2, -0.15) is 4.72 Å². The van der Waals surface area contributed by atoms with Crippen LogP contribution in [-0.4, -0.2) is 24.5 Å². The second kappa shape index (κ2) is 9.62. The van der Waals surface area contributed by atoms with E-state index in [1.165, 1.54) is 0 Å². The normalized spacial score (nSPS) is 12.3. The maximum absolute atomic E-state index is 13.2. The quantitative estimate of drug-likeness (QED) is 0.382. The van der Waals surface area contributed by atoms with E-state index in [4.69, 9.17) is 0 Å². The number of rotatable bonds is 7. The number of sulfonamides is 1. The number of carbonyl (C=O) groups is 1. The van der Waals surface area contributed by atoms with Crippen LogP contribution in [0.4, 0.5) is 5.13 Å². The fourth-order valence-electron chi connectivity index (χ4n) is 3.40. The van der Waals surface area contributed by atoms with E-state index in [0.29, 0.717) is 5.56 Å². The van der Waals surface area contributed by atoms with Crippen LogP contribution in [0.25, 0.3) is 0 Å². The number of hydrogen-bond donors (Lipinski definition) is 2. The Hall–Kier alpha value is -3.40. The maximum Gasteiger partial charge on any atom is 0.270 e. The van der Waals surface area contributed by atoms with E-state index in [-0.39, 0.29) is 15.4 Å². The number of aromatic nitrogens is 2. The first-order valence-electron chi connectivity index (χ1n) is 10.2. The van der Waals surface area contributed by atoms with E-state index < -0.39 is 16.1 Å². The van der Waals surface area contributed by atoms with Crippen LogP contribution in [0.1, 0.15) is 38.7 Å². The molecule has 0 aliphatic heterocycles. The Morgan fingerprint density at radius 3 is 2.36 bits per heavy atom. The van der Waals surface area contributed by atoms with E-state index in [2.05, 4.69) is 20.2 Å². The molecule has 0 aliphatic carbocycles. The van der Waals surface area contributed by atoms with E-state index in [1.807, 2.05) is 74.5 Å². The maximum atomic E-state index is 13.2. The van der Waals surface area contributed by atoms with Gasteiger partial charge in [-0.3, -0.25) is 10.1 Å². The molecule has 1 amide bonds. The molecule has 0 radical (unpaired) electrons. The molecule has 9 heteroatoms. The summed E-state index contributed by atoms with van der Waals surface area (Å²) in [5.41, 5.74) is 3.99. The van der Waals surface area contributed by atoms with Crippen molar-refractivity contribution in [1.82, 2.24) is 14.9 Å². The number of anilines is 1. The lowest BCUT2D eigenvalue weighted by molar-refractivity contribution is 0.102. The minimum atomic E-state index is -4.02. The molecule has 1 aromatic heterocycles. The number of aryl methyl sites for hydroxylation is 2. The topological polar surface area (TPSA) is 101 Å². The summed E-state index contributed by atoms with van der Waals surface area (Å²) in [6.07, 6.45) is 0. The zero-order valence-electron chi connectivity index (χ0n) is 18.0. The molecule has 1 heterocycles. The molecule has 168 valence electrons. The van der Waals surface area contributed by atoms with Gasteiger partial charge in [0.2, 0.25) is 9.47 Å². The van der Waals surface area contributed by atoms with Gasteiger partial charge in [-0.25, -0.2) is 8.42 Å². The number of hydrogen-bond acceptors (Lipinski definition) is 6. The molecule has 0 aliphatic rings. The largest absolute Gasteiger partial charge is 0.296 e. The summed E-state index contributed by atoms with van der Waals surface area (Å²) in [7, 11) is -4.02. The second-order valence-electron chi connectivity index (χ2n) is 7.52. The third-order valence-electron chi connectivity index (χ3n) is 5.04. The number of amides is 1. The van der Waals surface area contributed by atoms with E-state index >= 15 is 0 Å². The van der Waals surface area contributed by atoms with Gasteiger partial charge < -0.3 is 0 Å². The van der Waals surface area contributed by atoms with E-state index in [1.54, 1.807) is 18.2 Å². The number of nitrogens with one attached hydrogen (secondary N) is 2. The van der Waals surface area contributed by atoms with Crippen molar-refractivity contribution in [2.24, 2.45) is 0 Å². The molecule has 1 atom stereocenters. The average molecular weight is 479 g/mol. The number of carbonyl (C=O) groups excluding carboxylic acids is 1. The van der Waals surface area contributed by atoms with Gasteiger partial charge in [-0.05, 0) is 42.7 Å². The van der Waals surface area contributed by atoms with Gasteiger partial charge in [0, 0.05) is 5.56 Å². The first kappa shape index (κ1) is 22.8. The third kappa shape index (κ3) is 5.33. The molecular weight excluding hydrogens is 456 g/mol. The van der Waals surface area contributed by atoms with Crippen LogP contribution >= 0.6 is 11.3 Å². The van der Waals surface area contributed by atoms with Crippen molar-refractivity contribution in [3.8, 4) is 0 Å². The predicted molar refractivity (Wildman–Crippen MR) is 129 cm³/mol. The van der Waals surface area contributed by atoms with Gasteiger partial charge in [0.15, 0.2) is 0 Å². The van der Waals surface area contributed by atoms with Gasteiger partial charge in [0.1, 0.15) is 0 Å². The Balaban J connectivity index is 1.59. The molecule has 2 N–H and O–H groups in total. The van der Waals surface area contributed by atoms with Crippen LogP contribution < -0.4 is 10.0 Å². The Morgan fingerprint density at radius 1 is 0.909 bits per heavy atom. The Kier molecular flexibility index (Phi) is 6.64. The molecule has 0 unspecified atom stereocenters.